The number of aryl methyl sites for hydroxylation is 1. The van der Waals surface area contributed by atoms with Crippen LogP contribution in [0.4, 0.5) is 13.2 Å². The lowest BCUT2D eigenvalue weighted by atomic mass is 10.2. The van der Waals surface area contributed by atoms with Crippen molar-refractivity contribution in [1.82, 2.24) is 9.78 Å². The number of aromatic nitrogens is 2. The molecule has 1 aromatic heterocycles. The number of rotatable bonds is 2. The molecule has 1 aromatic rings. The molecule has 0 spiro atoms. The summed E-state index contributed by atoms with van der Waals surface area (Å²) in [5.74, 6) is 0. The molecule has 0 aliphatic rings. The predicted octanol–water partition coefficient (Wildman–Crippen LogP) is 3.05. The molecule has 0 bridgehead atoms. The second kappa shape index (κ2) is 3.63. The van der Waals surface area contributed by atoms with E-state index in [2.05, 4.69) is 5.10 Å². The highest BCUT2D eigenvalue weighted by Crippen LogP contribution is 2.31. The monoisotopic (exact) mass is 206 g/mol. The van der Waals surface area contributed by atoms with Crippen molar-refractivity contribution in [3.63, 3.8) is 0 Å². The van der Waals surface area contributed by atoms with Crippen LogP contribution in [-0.2, 0) is 12.6 Å². The first kappa shape index (κ1) is 11.1. The van der Waals surface area contributed by atoms with Gasteiger partial charge in [0.1, 0.15) is 0 Å². The molecular formula is C9H13F3N2. The molecule has 0 amide bonds. The molecule has 0 saturated heterocycles. The fourth-order valence-corrected chi connectivity index (χ4v) is 1.19. The van der Waals surface area contributed by atoms with Crippen LogP contribution in [-0.4, -0.2) is 9.78 Å². The van der Waals surface area contributed by atoms with Crippen molar-refractivity contribution in [3.05, 3.63) is 17.5 Å². The zero-order valence-electron chi connectivity index (χ0n) is 8.39. The summed E-state index contributed by atoms with van der Waals surface area (Å²) in [7, 11) is 0. The summed E-state index contributed by atoms with van der Waals surface area (Å²) in [5.41, 5.74) is -0.500. The van der Waals surface area contributed by atoms with E-state index in [-0.39, 0.29) is 11.6 Å². The summed E-state index contributed by atoms with van der Waals surface area (Å²) in [6.45, 7) is 5.29. The summed E-state index contributed by atoms with van der Waals surface area (Å²) >= 11 is 0. The number of alkyl halides is 3. The Morgan fingerprint density at radius 3 is 2.29 bits per heavy atom. The molecular weight excluding hydrogens is 193 g/mol. The maximum atomic E-state index is 12.4. The SMILES string of the molecule is CCc1cn(C(C)C)nc1C(F)(F)F. The normalized spacial score (nSPS) is 12.5. The molecule has 1 rings (SSSR count). The highest BCUT2D eigenvalue weighted by atomic mass is 19.4. The van der Waals surface area contributed by atoms with E-state index in [0.29, 0.717) is 6.42 Å². The van der Waals surface area contributed by atoms with Gasteiger partial charge in [0.15, 0.2) is 5.69 Å². The lowest BCUT2D eigenvalue weighted by molar-refractivity contribution is -0.142. The minimum Gasteiger partial charge on any atom is -0.269 e. The third-order valence-electron chi connectivity index (χ3n) is 1.99. The van der Waals surface area contributed by atoms with Crippen LogP contribution in [0.5, 0.6) is 0 Å². The molecule has 0 aromatic carbocycles. The van der Waals surface area contributed by atoms with Crippen molar-refractivity contribution in [2.75, 3.05) is 0 Å². The third kappa shape index (κ3) is 2.08. The molecule has 0 saturated carbocycles. The Labute approximate surface area is 80.7 Å². The van der Waals surface area contributed by atoms with Crippen molar-refractivity contribution in [1.29, 1.82) is 0 Å². The smallest absolute Gasteiger partial charge is 0.269 e. The van der Waals surface area contributed by atoms with Gasteiger partial charge >= 0.3 is 6.18 Å². The standard InChI is InChI=1S/C9H13F3N2/c1-4-7-5-14(6(2)3)13-8(7)9(10,11)12/h5-6H,4H2,1-3H3. The van der Waals surface area contributed by atoms with Crippen LogP contribution >= 0.6 is 0 Å². The molecule has 0 radical (unpaired) electrons. The third-order valence-corrected chi connectivity index (χ3v) is 1.99. The first-order chi connectivity index (χ1) is 6.36. The first-order valence-electron chi connectivity index (χ1n) is 4.51. The highest BCUT2D eigenvalue weighted by molar-refractivity contribution is 5.20. The van der Waals surface area contributed by atoms with Gasteiger partial charge in [0.2, 0.25) is 0 Å². The van der Waals surface area contributed by atoms with Crippen LogP contribution in [0.15, 0.2) is 6.20 Å². The lowest BCUT2D eigenvalue weighted by Crippen LogP contribution is -2.10. The topological polar surface area (TPSA) is 17.8 Å². The summed E-state index contributed by atoms with van der Waals surface area (Å²) in [4.78, 5) is 0. The number of halogens is 3. The Hall–Kier alpha value is -1.00. The van der Waals surface area contributed by atoms with E-state index >= 15 is 0 Å². The van der Waals surface area contributed by atoms with E-state index in [4.69, 9.17) is 0 Å². The van der Waals surface area contributed by atoms with Gasteiger partial charge in [0, 0.05) is 17.8 Å². The van der Waals surface area contributed by atoms with Gasteiger partial charge in [-0.25, -0.2) is 0 Å². The van der Waals surface area contributed by atoms with Gasteiger partial charge in [-0.15, -0.1) is 0 Å². The van der Waals surface area contributed by atoms with Gasteiger partial charge in [-0.05, 0) is 20.3 Å². The second-order valence-electron chi connectivity index (χ2n) is 3.43. The van der Waals surface area contributed by atoms with Crippen molar-refractivity contribution in [2.45, 2.75) is 39.4 Å². The molecule has 1 heterocycles. The molecule has 0 N–H and O–H groups in total. The highest BCUT2D eigenvalue weighted by Gasteiger charge is 2.36. The summed E-state index contributed by atoms with van der Waals surface area (Å²) in [5, 5.41) is 3.54. The minimum absolute atomic E-state index is 0.0450. The average molecular weight is 206 g/mol. The van der Waals surface area contributed by atoms with Crippen LogP contribution in [0.2, 0.25) is 0 Å². The Morgan fingerprint density at radius 2 is 2.00 bits per heavy atom. The van der Waals surface area contributed by atoms with Crippen LogP contribution < -0.4 is 0 Å². The fourth-order valence-electron chi connectivity index (χ4n) is 1.19. The average Bonchev–Trinajstić information content (AvgIpc) is 2.46. The van der Waals surface area contributed by atoms with Crippen molar-refractivity contribution in [3.8, 4) is 0 Å². The molecule has 0 fully saturated rings. The Balaban J connectivity index is 3.16. The second-order valence-corrected chi connectivity index (χ2v) is 3.43. The van der Waals surface area contributed by atoms with E-state index in [1.807, 2.05) is 0 Å². The number of hydrogen-bond acceptors (Lipinski definition) is 1. The van der Waals surface area contributed by atoms with Gasteiger partial charge in [0.05, 0.1) is 0 Å². The lowest BCUT2D eigenvalue weighted by Gasteiger charge is -2.05. The zero-order valence-corrected chi connectivity index (χ0v) is 8.39. The van der Waals surface area contributed by atoms with Gasteiger partial charge in [-0.1, -0.05) is 6.92 Å². The predicted molar refractivity (Wildman–Crippen MR) is 47.0 cm³/mol. The van der Waals surface area contributed by atoms with Crippen LogP contribution in [0.3, 0.4) is 0 Å². The summed E-state index contributed by atoms with van der Waals surface area (Å²) < 4.78 is 38.7. The van der Waals surface area contributed by atoms with Crippen LogP contribution in [0.25, 0.3) is 0 Å². The molecule has 5 heteroatoms. The van der Waals surface area contributed by atoms with Gasteiger partial charge in [-0.2, -0.15) is 18.3 Å². The molecule has 0 unspecified atom stereocenters. The van der Waals surface area contributed by atoms with Gasteiger partial charge < -0.3 is 0 Å². The minimum atomic E-state index is -4.34. The Kier molecular flexibility index (Phi) is 2.87. The quantitative estimate of drug-likeness (QED) is 0.727. The molecule has 0 aliphatic heterocycles. The van der Waals surface area contributed by atoms with E-state index in [1.54, 1.807) is 20.8 Å². The van der Waals surface area contributed by atoms with Crippen molar-refractivity contribution >= 4 is 0 Å². The summed E-state index contributed by atoms with van der Waals surface area (Å²) in [6, 6.07) is -0.0450. The zero-order chi connectivity index (χ0) is 10.9. The van der Waals surface area contributed by atoms with Gasteiger partial charge in [0.25, 0.3) is 0 Å². The Morgan fingerprint density at radius 1 is 1.43 bits per heavy atom. The van der Waals surface area contributed by atoms with Crippen LogP contribution in [0.1, 0.15) is 38.1 Å². The molecule has 80 valence electrons. The largest absolute Gasteiger partial charge is 0.435 e. The molecule has 0 atom stereocenters. The molecule has 2 nitrogen and oxygen atoms in total. The Bertz CT molecular complexity index is 312. The number of nitrogens with zero attached hydrogens (tertiary/aromatic N) is 2. The van der Waals surface area contributed by atoms with Gasteiger partial charge in [-0.3, -0.25) is 4.68 Å². The van der Waals surface area contributed by atoms with Crippen LogP contribution in [0, 0.1) is 0 Å². The number of hydrogen-bond donors (Lipinski definition) is 0. The molecule has 14 heavy (non-hydrogen) atoms. The van der Waals surface area contributed by atoms with Crippen molar-refractivity contribution in [2.24, 2.45) is 0 Å². The maximum Gasteiger partial charge on any atom is 0.435 e. The fraction of sp³-hybridized carbons (Fsp3) is 0.667. The van der Waals surface area contributed by atoms with E-state index in [1.165, 1.54) is 10.9 Å². The van der Waals surface area contributed by atoms with E-state index in [0.717, 1.165) is 0 Å². The van der Waals surface area contributed by atoms with E-state index < -0.39 is 11.9 Å². The summed E-state index contributed by atoms with van der Waals surface area (Å²) in [6.07, 6.45) is -2.53. The maximum absolute atomic E-state index is 12.4. The molecule has 0 aliphatic carbocycles. The van der Waals surface area contributed by atoms with Crippen molar-refractivity contribution < 1.29 is 13.2 Å². The van der Waals surface area contributed by atoms with E-state index in [9.17, 15) is 13.2 Å². The first-order valence-corrected chi connectivity index (χ1v) is 4.51.